The normalized spacial score (nSPS) is 11.1. The monoisotopic (exact) mass is 324 g/mol. The Morgan fingerprint density at radius 2 is 2.00 bits per heavy atom. The van der Waals surface area contributed by atoms with Crippen LogP contribution in [0.4, 0.5) is 0 Å². The van der Waals surface area contributed by atoms with Crippen molar-refractivity contribution in [1.29, 1.82) is 0 Å². The standard InChI is InChI=1S/C18H16N2O4/c1-23-12-8-6-11(15(10-12)24-2)7-9-16-19-14-5-3-4-13(18(21)22)17(14)20-16/h3-10H,1-2H3,(H,19,20)(H,21,22)/b9-7+. The number of H-pyrrole nitrogens is 1. The second-order valence-corrected chi connectivity index (χ2v) is 5.07. The Bertz CT molecular complexity index is 928. The molecule has 0 aliphatic rings. The summed E-state index contributed by atoms with van der Waals surface area (Å²) < 4.78 is 10.5. The summed E-state index contributed by atoms with van der Waals surface area (Å²) in [6, 6.07) is 10.5. The number of carbonyl (C=O) groups is 1. The number of rotatable bonds is 5. The predicted molar refractivity (Wildman–Crippen MR) is 91.5 cm³/mol. The van der Waals surface area contributed by atoms with Crippen molar-refractivity contribution in [2.24, 2.45) is 0 Å². The third-order valence-electron chi connectivity index (χ3n) is 3.62. The number of imidazole rings is 1. The number of aromatic carboxylic acids is 1. The highest BCUT2D eigenvalue weighted by Gasteiger charge is 2.11. The van der Waals surface area contributed by atoms with Crippen LogP contribution in [-0.2, 0) is 0 Å². The van der Waals surface area contributed by atoms with Gasteiger partial charge >= 0.3 is 5.97 Å². The molecule has 0 aliphatic heterocycles. The van der Waals surface area contributed by atoms with Gasteiger partial charge in [-0.3, -0.25) is 0 Å². The molecule has 0 spiro atoms. The molecular weight excluding hydrogens is 308 g/mol. The van der Waals surface area contributed by atoms with Gasteiger partial charge in [0, 0.05) is 11.6 Å². The number of carboxylic acids is 1. The van der Waals surface area contributed by atoms with Crippen LogP contribution < -0.4 is 9.47 Å². The van der Waals surface area contributed by atoms with Gasteiger partial charge in [-0.15, -0.1) is 0 Å². The van der Waals surface area contributed by atoms with Crippen molar-refractivity contribution in [3.8, 4) is 11.5 Å². The number of nitrogens with one attached hydrogen (secondary N) is 1. The van der Waals surface area contributed by atoms with E-state index in [1.54, 1.807) is 38.5 Å². The van der Waals surface area contributed by atoms with E-state index < -0.39 is 5.97 Å². The highest BCUT2D eigenvalue weighted by Crippen LogP contribution is 2.26. The molecule has 0 fully saturated rings. The zero-order chi connectivity index (χ0) is 17.1. The Balaban J connectivity index is 1.96. The number of para-hydroxylation sites is 1. The molecule has 0 unspecified atom stereocenters. The van der Waals surface area contributed by atoms with Gasteiger partial charge in [0.05, 0.1) is 25.3 Å². The molecule has 1 heterocycles. The molecule has 1 aromatic heterocycles. The van der Waals surface area contributed by atoms with E-state index in [1.807, 2.05) is 18.2 Å². The lowest BCUT2D eigenvalue weighted by Crippen LogP contribution is -1.96. The summed E-state index contributed by atoms with van der Waals surface area (Å²) in [5, 5.41) is 9.22. The minimum atomic E-state index is -1.00. The van der Waals surface area contributed by atoms with Crippen LogP contribution in [-0.4, -0.2) is 35.3 Å². The molecular formula is C18H16N2O4. The van der Waals surface area contributed by atoms with Gasteiger partial charge in [-0.05, 0) is 36.4 Å². The molecule has 0 atom stereocenters. The molecule has 2 aromatic carbocycles. The Hall–Kier alpha value is -3.28. The van der Waals surface area contributed by atoms with Gasteiger partial charge in [-0.25, -0.2) is 9.78 Å². The fourth-order valence-corrected chi connectivity index (χ4v) is 2.43. The van der Waals surface area contributed by atoms with Crippen LogP contribution in [0.3, 0.4) is 0 Å². The molecule has 0 radical (unpaired) electrons. The lowest BCUT2D eigenvalue weighted by Gasteiger charge is -2.06. The first-order chi connectivity index (χ1) is 11.6. The molecule has 0 bridgehead atoms. The van der Waals surface area contributed by atoms with E-state index in [4.69, 9.17) is 9.47 Å². The summed E-state index contributed by atoms with van der Waals surface area (Å²) >= 11 is 0. The van der Waals surface area contributed by atoms with Crippen LogP contribution in [0.15, 0.2) is 36.4 Å². The average Bonchev–Trinajstić information content (AvgIpc) is 3.02. The maximum atomic E-state index is 11.2. The van der Waals surface area contributed by atoms with Crippen LogP contribution >= 0.6 is 0 Å². The summed E-state index contributed by atoms with van der Waals surface area (Å²) in [6.45, 7) is 0. The Morgan fingerprint density at radius 3 is 2.71 bits per heavy atom. The molecule has 0 saturated heterocycles. The van der Waals surface area contributed by atoms with Gasteiger partial charge in [0.15, 0.2) is 0 Å². The summed E-state index contributed by atoms with van der Waals surface area (Å²) in [6.07, 6.45) is 3.62. The van der Waals surface area contributed by atoms with Crippen molar-refractivity contribution in [3.05, 3.63) is 53.3 Å². The summed E-state index contributed by atoms with van der Waals surface area (Å²) in [4.78, 5) is 18.7. The molecule has 0 saturated carbocycles. The molecule has 6 nitrogen and oxygen atoms in total. The van der Waals surface area contributed by atoms with Crippen molar-refractivity contribution < 1.29 is 19.4 Å². The van der Waals surface area contributed by atoms with Gasteiger partial charge < -0.3 is 19.6 Å². The van der Waals surface area contributed by atoms with Gasteiger partial charge in [0.25, 0.3) is 0 Å². The molecule has 2 N–H and O–H groups in total. The molecule has 6 heteroatoms. The SMILES string of the molecule is COc1ccc(/C=C/c2nc3c(C(=O)O)cccc3[nH]2)c(OC)c1. The zero-order valence-electron chi connectivity index (χ0n) is 13.2. The zero-order valence-corrected chi connectivity index (χ0v) is 13.2. The average molecular weight is 324 g/mol. The van der Waals surface area contributed by atoms with Crippen LogP contribution in [0.2, 0.25) is 0 Å². The largest absolute Gasteiger partial charge is 0.497 e. The number of carboxylic acid groups (broad SMARTS) is 1. The van der Waals surface area contributed by atoms with E-state index in [0.29, 0.717) is 28.4 Å². The first-order valence-corrected chi connectivity index (χ1v) is 7.24. The topological polar surface area (TPSA) is 84.4 Å². The first kappa shape index (κ1) is 15.6. The fraction of sp³-hybridized carbons (Fsp3) is 0.111. The lowest BCUT2D eigenvalue weighted by molar-refractivity contribution is 0.0699. The molecule has 0 aliphatic carbocycles. The van der Waals surface area contributed by atoms with Gasteiger partial charge in [0.2, 0.25) is 0 Å². The van der Waals surface area contributed by atoms with Crippen LogP contribution in [0, 0.1) is 0 Å². The van der Waals surface area contributed by atoms with Crippen molar-refractivity contribution in [3.63, 3.8) is 0 Å². The highest BCUT2D eigenvalue weighted by atomic mass is 16.5. The number of nitrogens with zero attached hydrogens (tertiary/aromatic N) is 1. The predicted octanol–water partition coefficient (Wildman–Crippen LogP) is 3.45. The number of methoxy groups -OCH3 is 2. The maximum Gasteiger partial charge on any atom is 0.337 e. The van der Waals surface area contributed by atoms with E-state index in [1.165, 1.54) is 6.07 Å². The van der Waals surface area contributed by atoms with Gasteiger partial charge in [-0.2, -0.15) is 0 Å². The van der Waals surface area contributed by atoms with Crippen molar-refractivity contribution in [1.82, 2.24) is 9.97 Å². The maximum absolute atomic E-state index is 11.2. The molecule has 24 heavy (non-hydrogen) atoms. The van der Waals surface area contributed by atoms with E-state index in [2.05, 4.69) is 9.97 Å². The van der Waals surface area contributed by atoms with Crippen LogP contribution in [0.5, 0.6) is 11.5 Å². The van der Waals surface area contributed by atoms with Crippen molar-refractivity contribution in [2.45, 2.75) is 0 Å². The molecule has 3 aromatic rings. The number of fused-ring (bicyclic) bond motifs is 1. The number of hydrogen-bond acceptors (Lipinski definition) is 4. The van der Waals surface area contributed by atoms with E-state index in [-0.39, 0.29) is 5.56 Å². The number of aromatic nitrogens is 2. The van der Waals surface area contributed by atoms with Crippen LogP contribution in [0.1, 0.15) is 21.7 Å². The number of ether oxygens (including phenoxy) is 2. The second-order valence-electron chi connectivity index (χ2n) is 5.07. The molecule has 122 valence electrons. The van der Waals surface area contributed by atoms with E-state index in [9.17, 15) is 9.90 Å². The summed E-state index contributed by atoms with van der Waals surface area (Å²) in [5.74, 6) is 0.947. The minimum Gasteiger partial charge on any atom is -0.497 e. The van der Waals surface area contributed by atoms with Crippen LogP contribution in [0.25, 0.3) is 23.2 Å². The second kappa shape index (κ2) is 6.45. The van der Waals surface area contributed by atoms with Gasteiger partial charge in [-0.1, -0.05) is 6.07 Å². The number of hydrogen-bond donors (Lipinski definition) is 2. The van der Waals surface area contributed by atoms with Crippen molar-refractivity contribution in [2.75, 3.05) is 14.2 Å². The lowest BCUT2D eigenvalue weighted by atomic mass is 10.1. The summed E-state index contributed by atoms with van der Waals surface area (Å²) in [7, 11) is 3.19. The Labute approximate surface area is 138 Å². The first-order valence-electron chi connectivity index (χ1n) is 7.24. The molecule has 0 amide bonds. The number of aromatic amines is 1. The van der Waals surface area contributed by atoms with E-state index in [0.717, 1.165) is 5.56 Å². The quantitative estimate of drug-likeness (QED) is 0.751. The molecule has 3 rings (SSSR count). The third kappa shape index (κ3) is 2.94. The third-order valence-corrected chi connectivity index (χ3v) is 3.62. The fourth-order valence-electron chi connectivity index (χ4n) is 2.43. The minimum absolute atomic E-state index is 0.172. The Kier molecular flexibility index (Phi) is 4.20. The highest BCUT2D eigenvalue weighted by molar-refractivity contribution is 6.01. The summed E-state index contributed by atoms with van der Waals surface area (Å²) in [5.41, 5.74) is 2.14. The van der Waals surface area contributed by atoms with Gasteiger partial charge in [0.1, 0.15) is 22.8 Å². The number of benzene rings is 2. The van der Waals surface area contributed by atoms with E-state index >= 15 is 0 Å². The Morgan fingerprint density at radius 1 is 1.17 bits per heavy atom. The smallest absolute Gasteiger partial charge is 0.337 e. The van der Waals surface area contributed by atoms with Crippen molar-refractivity contribution >= 4 is 29.2 Å².